The van der Waals surface area contributed by atoms with Crippen molar-refractivity contribution in [3.8, 4) is 0 Å². The molecule has 1 atom stereocenters. The number of aromatic nitrogens is 2. The van der Waals surface area contributed by atoms with Crippen molar-refractivity contribution < 1.29 is 9.26 Å². The average Bonchev–Trinajstić information content (AvgIpc) is 2.62. The van der Waals surface area contributed by atoms with Crippen LogP contribution in [0.4, 0.5) is 0 Å². The molecular weight excluding hydrogens is 194 g/mol. The maximum Gasteiger partial charge on any atom is 0.246 e. The minimum absolute atomic E-state index is 0.102. The van der Waals surface area contributed by atoms with Gasteiger partial charge in [0, 0.05) is 13.5 Å². The first-order valence-corrected chi connectivity index (χ1v) is 5.29. The highest BCUT2D eigenvalue weighted by Crippen LogP contribution is 2.37. The highest BCUT2D eigenvalue weighted by molar-refractivity contribution is 5.07. The van der Waals surface area contributed by atoms with E-state index < -0.39 is 0 Å². The fraction of sp³-hybridized carbons (Fsp3) is 0.800. The van der Waals surface area contributed by atoms with E-state index in [2.05, 4.69) is 10.1 Å². The second-order valence-electron chi connectivity index (χ2n) is 4.28. The molecule has 1 aliphatic carbocycles. The van der Waals surface area contributed by atoms with Gasteiger partial charge >= 0.3 is 0 Å². The van der Waals surface area contributed by atoms with Crippen LogP contribution in [0.5, 0.6) is 0 Å². The number of ether oxygens (including phenoxy) is 1. The fourth-order valence-corrected chi connectivity index (χ4v) is 1.65. The quantitative estimate of drug-likeness (QED) is 0.803. The van der Waals surface area contributed by atoms with E-state index in [1.165, 1.54) is 0 Å². The van der Waals surface area contributed by atoms with Crippen molar-refractivity contribution in [3.63, 3.8) is 0 Å². The molecule has 0 saturated heterocycles. The number of hydrogen-bond donors (Lipinski definition) is 1. The molecule has 5 nitrogen and oxygen atoms in total. The molecule has 0 aliphatic heterocycles. The van der Waals surface area contributed by atoms with Crippen LogP contribution in [0.3, 0.4) is 0 Å². The second kappa shape index (κ2) is 3.90. The Labute approximate surface area is 89.0 Å². The van der Waals surface area contributed by atoms with Crippen LogP contribution >= 0.6 is 0 Å². The lowest BCUT2D eigenvalue weighted by molar-refractivity contribution is 0.116. The van der Waals surface area contributed by atoms with E-state index >= 15 is 0 Å². The SMILES string of the molecule is COC(C)Cc1noc(C2(N)CCC2)n1. The molecule has 1 saturated carbocycles. The monoisotopic (exact) mass is 211 g/mol. The summed E-state index contributed by atoms with van der Waals surface area (Å²) in [6.07, 6.45) is 3.78. The van der Waals surface area contributed by atoms with Crippen LogP contribution in [0.2, 0.25) is 0 Å². The fourth-order valence-electron chi connectivity index (χ4n) is 1.65. The summed E-state index contributed by atoms with van der Waals surface area (Å²) < 4.78 is 10.3. The Morgan fingerprint density at radius 1 is 1.60 bits per heavy atom. The maximum atomic E-state index is 6.07. The molecule has 1 aromatic rings. The maximum absolute atomic E-state index is 6.07. The molecule has 0 spiro atoms. The minimum atomic E-state index is -0.360. The summed E-state index contributed by atoms with van der Waals surface area (Å²) in [7, 11) is 1.67. The van der Waals surface area contributed by atoms with Crippen molar-refractivity contribution in [2.75, 3.05) is 7.11 Å². The van der Waals surface area contributed by atoms with Crippen molar-refractivity contribution in [1.29, 1.82) is 0 Å². The van der Waals surface area contributed by atoms with Crippen LogP contribution in [0.25, 0.3) is 0 Å². The van der Waals surface area contributed by atoms with E-state index in [0.29, 0.717) is 18.1 Å². The van der Waals surface area contributed by atoms with Crippen LogP contribution in [0.15, 0.2) is 4.52 Å². The minimum Gasteiger partial charge on any atom is -0.381 e. The van der Waals surface area contributed by atoms with E-state index in [1.54, 1.807) is 7.11 Å². The first-order chi connectivity index (χ1) is 7.14. The molecular formula is C10H17N3O2. The Bertz CT molecular complexity index is 333. The summed E-state index contributed by atoms with van der Waals surface area (Å²) in [4.78, 5) is 4.31. The van der Waals surface area contributed by atoms with Gasteiger partial charge in [0.2, 0.25) is 5.89 Å². The van der Waals surface area contributed by atoms with Gasteiger partial charge in [-0.2, -0.15) is 4.98 Å². The van der Waals surface area contributed by atoms with Gasteiger partial charge in [0.15, 0.2) is 5.82 Å². The molecule has 5 heteroatoms. The van der Waals surface area contributed by atoms with Gasteiger partial charge in [-0.3, -0.25) is 0 Å². The normalized spacial score (nSPS) is 21.0. The molecule has 1 aromatic heterocycles. The zero-order valence-corrected chi connectivity index (χ0v) is 9.19. The van der Waals surface area contributed by atoms with Gasteiger partial charge in [-0.15, -0.1) is 0 Å². The Morgan fingerprint density at radius 3 is 2.87 bits per heavy atom. The average molecular weight is 211 g/mol. The summed E-state index contributed by atoms with van der Waals surface area (Å²) in [5, 5.41) is 3.91. The van der Waals surface area contributed by atoms with E-state index in [1.807, 2.05) is 6.92 Å². The third-order valence-corrected chi connectivity index (χ3v) is 3.01. The van der Waals surface area contributed by atoms with Crippen molar-refractivity contribution in [2.24, 2.45) is 5.73 Å². The standard InChI is InChI=1S/C10H17N3O2/c1-7(14-2)6-8-12-9(15-13-8)10(11)4-3-5-10/h7H,3-6,11H2,1-2H3. The number of nitrogens with zero attached hydrogens (tertiary/aromatic N) is 2. The van der Waals surface area contributed by atoms with Gasteiger partial charge in [-0.25, -0.2) is 0 Å². The van der Waals surface area contributed by atoms with Crippen LogP contribution in [0.1, 0.15) is 37.9 Å². The largest absolute Gasteiger partial charge is 0.381 e. The molecule has 2 N–H and O–H groups in total. The number of hydrogen-bond acceptors (Lipinski definition) is 5. The molecule has 1 aliphatic rings. The summed E-state index contributed by atoms with van der Waals surface area (Å²) in [6, 6.07) is 0. The van der Waals surface area contributed by atoms with Crippen molar-refractivity contribution in [3.05, 3.63) is 11.7 Å². The molecule has 0 aromatic carbocycles. The predicted octanol–water partition coefficient (Wildman–Crippen LogP) is 0.985. The van der Waals surface area contributed by atoms with Crippen LogP contribution in [0, 0.1) is 0 Å². The number of rotatable bonds is 4. The molecule has 0 radical (unpaired) electrons. The molecule has 15 heavy (non-hydrogen) atoms. The van der Waals surface area contributed by atoms with Crippen molar-refractivity contribution in [1.82, 2.24) is 10.1 Å². The first kappa shape index (κ1) is 10.6. The van der Waals surface area contributed by atoms with Crippen LogP contribution < -0.4 is 5.73 Å². The molecule has 1 fully saturated rings. The highest BCUT2D eigenvalue weighted by Gasteiger charge is 2.39. The molecule has 0 bridgehead atoms. The molecule has 1 unspecified atom stereocenters. The van der Waals surface area contributed by atoms with Gasteiger partial charge < -0.3 is 15.0 Å². The summed E-state index contributed by atoms with van der Waals surface area (Å²) >= 11 is 0. The van der Waals surface area contributed by atoms with E-state index in [9.17, 15) is 0 Å². The predicted molar refractivity (Wildman–Crippen MR) is 54.2 cm³/mol. The molecule has 84 valence electrons. The van der Waals surface area contributed by atoms with Crippen LogP contribution in [-0.4, -0.2) is 23.4 Å². The Kier molecular flexibility index (Phi) is 2.75. The van der Waals surface area contributed by atoms with Gasteiger partial charge in [0.25, 0.3) is 0 Å². The zero-order chi connectivity index (χ0) is 10.9. The topological polar surface area (TPSA) is 74.2 Å². The molecule has 0 amide bonds. The van der Waals surface area contributed by atoms with Gasteiger partial charge in [0.05, 0.1) is 11.6 Å². The third kappa shape index (κ3) is 2.03. The van der Waals surface area contributed by atoms with Crippen molar-refractivity contribution >= 4 is 0 Å². The lowest BCUT2D eigenvalue weighted by Gasteiger charge is -2.33. The molecule has 1 heterocycles. The number of nitrogens with two attached hydrogens (primary N) is 1. The Morgan fingerprint density at radius 2 is 2.33 bits per heavy atom. The smallest absolute Gasteiger partial charge is 0.246 e. The number of methoxy groups -OCH3 is 1. The molecule has 2 rings (SSSR count). The van der Waals surface area contributed by atoms with E-state index in [-0.39, 0.29) is 11.6 Å². The van der Waals surface area contributed by atoms with Gasteiger partial charge in [0.1, 0.15) is 0 Å². The van der Waals surface area contributed by atoms with E-state index in [0.717, 1.165) is 19.3 Å². The summed E-state index contributed by atoms with van der Waals surface area (Å²) in [5.41, 5.74) is 5.71. The van der Waals surface area contributed by atoms with Gasteiger partial charge in [-0.05, 0) is 26.2 Å². The highest BCUT2D eigenvalue weighted by atomic mass is 16.5. The Balaban J connectivity index is 2.04. The summed E-state index contributed by atoms with van der Waals surface area (Å²) in [6.45, 7) is 1.97. The van der Waals surface area contributed by atoms with Gasteiger partial charge in [-0.1, -0.05) is 5.16 Å². The lowest BCUT2D eigenvalue weighted by atomic mass is 9.78. The Hall–Kier alpha value is -0.940. The second-order valence-corrected chi connectivity index (χ2v) is 4.28. The van der Waals surface area contributed by atoms with Crippen LogP contribution in [-0.2, 0) is 16.7 Å². The summed E-state index contributed by atoms with van der Waals surface area (Å²) in [5.74, 6) is 1.25. The first-order valence-electron chi connectivity index (χ1n) is 5.29. The van der Waals surface area contributed by atoms with Crippen molar-refractivity contribution in [2.45, 2.75) is 44.2 Å². The third-order valence-electron chi connectivity index (χ3n) is 3.01. The van der Waals surface area contributed by atoms with E-state index in [4.69, 9.17) is 15.0 Å². The lowest BCUT2D eigenvalue weighted by Crippen LogP contribution is -2.43. The zero-order valence-electron chi connectivity index (χ0n) is 9.19.